The summed E-state index contributed by atoms with van der Waals surface area (Å²) in [5, 5.41) is 3.48. The minimum absolute atomic E-state index is 0.109. The van der Waals surface area contributed by atoms with E-state index in [1.54, 1.807) is 7.11 Å². The Labute approximate surface area is 120 Å². The lowest BCUT2D eigenvalue weighted by molar-refractivity contribution is -0.143. The Morgan fingerprint density at radius 1 is 1.45 bits per heavy atom. The van der Waals surface area contributed by atoms with Crippen LogP contribution in [0, 0.1) is 5.92 Å². The summed E-state index contributed by atoms with van der Waals surface area (Å²) < 4.78 is 10.3. The van der Waals surface area contributed by atoms with Gasteiger partial charge in [-0.05, 0) is 43.4 Å². The Balaban J connectivity index is 1.86. The van der Waals surface area contributed by atoms with Crippen LogP contribution in [-0.2, 0) is 16.1 Å². The topological polar surface area (TPSA) is 47.6 Å². The van der Waals surface area contributed by atoms with Crippen LogP contribution in [-0.4, -0.2) is 25.7 Å². The first-order valence-corrected chi connectivity index (χ1v) is 7.25. The minimum atomic E-state index is -0.109. The Kier molecular flexibility index (Phi) is 5.41. The Hall–Kier alpha value is -1.55. The van der Waals surface area contributed by atoms with Gasteiger partial charge in [-0.3, -0.25) is 4.79 Å². The normalized spacial score (nSPS) is 15.7. The van der Waals surface area contributed by atoms with Crippen molar-refractivity contribution in [1.82, 2.24) is 5.32 Å². The van der Waals surface area contributed by atoms with Crippen LogP contribution in [0.1, 0.15) is 31.7 Å². The predicted molar refractivity (Wildman–Crippen MR) is 77.6 cm³/mol. The van der Waals surface area contributed by atoms with Gasteiger partial charge in [0.25, 0.3) is 0 Å². The van der Waals surface area contributed by atoms with E-state index >= 15 is 0 Å². The molecule has 1 aromatic carbocycles. The van der Waals surface area contributed by atoms with Gasteiger partial charge in [-0.2, -0.15) is 0 Å². The molecule has 0 aromatic heterocycles. The van der Waals surface area contributed by atoms with Gasteiger partial charge in [-0.25, -0.2) is 0 Å². The number of rotatable bonds is 8. The molecule has 0 saturated heterocycles. The number of esters is 1. The third kappa shape index (κ3) is 4.53. The molecule has 0 heterocycles. The van der Waals surface area contributed by atoms with Gasteiger partial charge >= 0.3 is 5.97 Å². The lowest BCUT2D eigenvalue weighted by Crippen LogP contribution is -2.33. The van der Waals surface area contributed by atoms with E-state index in [0.717, 1.165) is 12.3 Å². The molecule has 0 amide bonds. The summed E-state index contributed by atoms with van der Waals surface area (Å²) in [4.78, 5) is 11.6. The molecule has 110 valence electrons. The summed E-state index contributed by atoms with van der Waals surface area (Å²) in [5.41, 5.74) is 1.17. The molecule has 0 aliphatic heterocycles. The van der Waals surface area contributed by atoms with Crippen LogP contribution in [0.3, 0.4) is 0 Å². The van der Waals surface area contributed by atoms with Crippen LogP contribution in [0.25, 0.3) is 0 Å². The summed E-state index contributed by atoms with van der Waals surface area (Å²) >= 11 is 0. The van der Waals surface area contributed by atoms with Crippen molar-refractivity contribution in [2.75, 3.05) is 13.7 Å². The van der Waals surface area contributed by atoms with E-state index in [9.17, 15) is 4.79 Å². The molecule has 4 heteroatoms. The number of hydrogen-bond donors (Lipinski definition) is 1. The summed E-state index contributed by atoms with van der Waals surface area (Å²) in [6.07, 6.45) is 2.87. The molecule has 0 spiro atoms. The quantitative estimate of drug-likeness (QED) is 0.742. The van der Waals surface area contributed by atoms with Crippen molar-refractivity contribution in [3.8, 4) is 5.75 Å². The highest BCUT2D eigenvalue weighted by atomic mass is 16.5. The highest BCUT2D eigenvalue weighted by Crippen LogP contribution is 2.34. The zero-order valence-electron chi connectivity index (χ0n) is 12.2. The fourth-order valence-corrected chi connectivity index (χ4v) is 2.33. The fraction of sp³-hybridized carbons (Fsp3) is 0.562. The molecule has 1 aliphatic rings. The lowest BCUT2D eigenvalue weighted by Gasteiger charge is -2.17. The summed E-state index contributed by atoms with van der Waals surface area (Å²) in [6, 6.07) is 8.21. The van der Waals surface area contributed by atoms with E-state index in [2.05, 4.69) is 11.4 Å². The second-order valence-electron chi connectivity index (χ2n) is 5.19. The van der Waals surface area contributed by atoms with E-state index in [4.69, 9.17) is 9.47 Å². The highest BCUT2D eigenvalue weighted by molar-refractivity contribution is 5.70. The average molecular weight is 277 g/mol. The summed E-state index contributed by atoms with van der Waals surface area (Å²) in [7, 11) is 1.67. The van der Waals surface area contributed by atoms with Crippen molar-refractivity contribution < 1.29 is 14.3 Å². The van der Waals surface area contributed by atoms with Gasteiger partial charge in [0.05, 0.1) is 20.1 Å². The van der Waals surface area contributed by atoms with Gasteiger partial charge in [0, 0.05) is 12.6 Å². The maximum absolute atomic E-state index is 11.6. The molecule has 0 radical (unpaired) electrons. The predicted octanol–water partition coefficient (Wildman–Crippen LogP) is 2.52. The molecule has 0 bridgehead atoms. The van der Waals surface area contributed by atoms with Crippen LogP contribution in [0.2, 0.25) is 0 Å². The summed E-state index contributed by atoms with van der Waals surface area (Å²) in [5.74, 6) is 1.37. The van der Waals surface area contributed by atoms with E-state index in [1.165, 1.54) is 18.4 Å². The SMILES string of the molecule is CCOC(=O)CC(NCc1cccc(OC)c1)C1CC1. The van der Waals surface area contributed by atoms with E-state index in [1.807, 2.05) is 25.1 Å². The number of hydrogen-bond acceptors (Lipinski definition) is 4. The number of methoxy groups -OCH3 is 1. The molecular formula is C16H23NO3. The first kappa shape index (κ1) is 14.9. The molecule has 1 N–H and O–H groups in total. The second kappa shape index (κ2) is 7.29. The third-order valence-electron chi connectivity index (χ3n) is 3.59. The van der Waals surface area contributed by atoms with Gasteiger partial charge in [0.2, 0.25) is 0 Å². The van der Waals surface area contributed by atoms with Crippen LogP contribution >= 0.6 is 0 Å². The van der Waals surface area contributed by atoms with Crippen molar-refractivity contribution in [3.63, 3.8) is 0 Å². The number of nitrogens with one attached hydrogen (secondary N) is 1. The smallest absolute Gasteiger partial charge is 0.307 e. The van der Waals surface area contributed by atoms with E-state index < -0.39 is 0 Å². The van der Waals surface area contributed by atoms with Crippen molar-refractivity contribution in [1.29, 1.82) is 0 Å². The first-order valence-electron chi connectivity index (χ1n) is 7.25. The van der Waals surface area contributed by atoms with Crippen molar-refractivity contribution in [3.05, 3.63) is 29.8 Å². The molecule has 4 nitrogen and oxygen atoms in total. The molecule has 1 fully saturated rings. The Morgan fingerprint density at radius 3 is 2.90 bits per heavy atom. The molecule has 1 saturated carbocycles. The monoisotopic (exact) mass is 277 g/mol. The Morgan fingerprint density at radius 2 is 2.25 bits per heavy atom. The number of carbonyl (C=O) groups is 1. The van der Waals surface area contributed by atoms with Crippen LogP contribution in [0.15, 0.2) is 24.3 Å². The van der Waals surface area contributed by atoms with Gasteiger partial charge in [0.1, 0.15) is 5.75 Å². The number of carbonyl (C=O) groups excluding carboxylic acids is 1. The molecule has 1 aliphatic carbocycles. The van der Waals surface area contributed by atoms with Crippen LogP contribution in [0.4, 0.5) is 0 Å². The average Bonchev–Trinajstić information content (AvgIpc) is 3.28. The number of benzene rings is 1. The van der Waals surface area contributed by atoms with E-state index in [-0.39, 0.29) is 12.0 Å². The van der Waals surface area contributed by atoms with Crippen molar-refractivity contribution in [2.45, 2.75) is 38.8 Å². The number of ether oxygens (including phenoxy) is 2. The molecule has 1 atom stereocenters. The van der Waals surface area contributed by atoms with Gasteiger partial charge in [-0.15, -0.1) is 0 Å². The third-order valence-corrected chi connectivity index (χ3v) is 3.59. The molecular weight excluding hydrogens is 254 g/mol. The molecule has 2 rings (SSSR count). The molecule has 1 aromatic rings. The molecule has 1 unspecified atom stereocenters. The zero-order valence-corrected chi connectivity index (χ0v) is 12.2. The first-order chi connectivity index (χ1) is 9.72. The van der Waals surface area contributed by atoms with Gasteiger partial charge < -0.3 is 14.8 Å². The van der Waals surface area contributed by atoms with Crippen molar-refractivity contribution in [2.24, 2.45) is 5.92 Å². The minimum Gasteiger partial charge on any atom is -0.497 e. The van der Waals surface area contributed by atoms with Crippen LogP contribution < -0.4 is 10.1 Å². The maximum atomic E-state index is 11.6. The standard InChI is InChI=1S/C16H23NO3/c1-3-20-16(18)10-15(13-7-8-13)17-11-12-5-4-6-14(9-12)19-2/h4-6,9,13,15,17H,3,7-8,10-11H2,1-2H3. The van der Waals surface area contributed by atoms with Gasteiger partial charge in [-0.1, -0.05) is 12.1 Å². The van der Waals surface area contributed by atoms with E-state index in [0.29, 0.717) is 18.9 Å². The zero-order chi connectivity index (χ0) is 14.4. The van der Waals surface area contributed by atoms with Crippen LogP contribution in [0.5, 0.6) is 5.75 Å². The maximum Gasteiger partial charge on any atom is 0.307 e. The largest absolute Gasteiger partial charge is 0.497 e. The van der Waals surface area contributed by atoms with Crippen molar-refractivity contribution >= 4 is 5.97 Å². The highest BCUT2D eigenvalue weighted by Gasteiger charge is 2.32. The fourth-order valence-electron chi connectivity index (χ4n) is 2.33. The lowest BCUT2D eigenvalue weighted by atomic mass is 10.1. The van der Waals surface area contributed by atoms with Gasteiger partial charge in [0.15, 0.2) is 0 Å². The second-order valence-corrected chi connectivity index (χ2v) is 5.19. The molecule has 20 heavy (non-hydrogen) atoms. The summed E-state index contributed by atoms with van der Waals surface area (Å²) in [6.45, 7) is 3.04. The Bertz CT molecular complexity index is 443.